The van der Waals surface area contributed by atoms with Crippen LogP contribution in [0.3, 0.4) is 0 Å². The molecule has 1 unspecified atom stereocenters. The van der Waals surface area contributed by atoms with Crippen molar-refractivity contribution in [3.05, 3.63) is 72.9 Å². The largest absolute Gasteiger partial charge is 0.469 e. The number of phosphoric acid groups is 1. The summed E-state index contributed by atoms with van der Waals surface area (Å²) in [6.07, 6.45) is 43.8. The number of hydrogen-bond donors (Lipinski definition) is 3. The Balaban J connectivity index is 4.13. The summed E-state index contributed by atoms with van der Waals surface area (Å²) in [5, 5.41) is 9.97. The molecule has 0 heterocycles. The molecule has 0 bridgehead atoms. The molecule has 3 N–H and O–H groups in total. The van der Waals surface area contributed by atoms with Gasteiger partial charge in [-0.05, 0) is 50.9 Å². The molecule has 10 heteroatoms. The summed E-state index contributed by atoms with van der Waals surface area (Å²) in [4.78, 5) is 42.8. The lowest BCUT2D eigenvalue weighted by atomic mass is 10.0. The minimum absolute atomic E-state index is 0.0613. The van der Waals surface area contributed by atoms with E-state index in [1.807, 2.05) is 48.6 Å². The molecule has 0 aliphatic heterocycles. The van der Waals surface area contributed by atoms with Crippen molar-refractivity contribution >= 4 is 19.8 Å². The third-order valence-electron chi connectivity index (χ3n) is 8.51. The van der Waals surface area contributed by atoms with Gasteiger partial charge in [-0.1, -0.05) is 177 Å². The van der Waals surface area contributed by atoms with Crippen LogP contribution in [0.2, 0.25) is 0 Å². The van der Waals surface area contributed by atoms with Gasteiger partial charge in [0, 0.05) is 12.8 Å². The van der Waals surface area contributed by atoms with E-state index in [2.05, 4.69) is 43.5 Å². The van der Waals surface area contributed by atoms with E-state index in [1.54, 1.807) is 6.08 Å². The van der Waals surface area contributed by atoms with Crippen molar-refractivity contribution in [2.75, 3.05) is 13.2 Å². The summed E-state index contributed by atoms with van der Waals surface area (Å²) in [6, 6.07) is 0. The van der Waals surface area contributed by atoms with E-state index in [4.69, 9.17) is 19.3 Å². The van der Waals surface area contributed by atoms with Crippen LogP contribution in [0, 0.1) is 5.92 Å². The van der Waals surface area contributed by atoms with E-state index in [9.17, 15) is 19.3 Å². The topological polar surface area (TPSA) is 140 Å². The highest BCUT2D eigenvalue weighted by Crippen LogP contribution is 2.36. The molecule has 0 aliphatic rings. The van der Waals surface area contributed by atoms with Gasteiger partial charge >= 0.3 is 19.8 Å². The molecule has 310 valence electrons. The van der Waals surface area contributed by atoms with Gasteiger partial charge in [-0.15, -0.1) is 0 Å². The van der Waals surface area contributed by atoms with E-state index in [0.29, 0.717) is 25.7 Å². The van der Waals surface area contributed by atoms with Crippen molar-refractivity contribution in [3.8, 4) is 0 Å². The Morgan fingerprint density at radius 3 is 1.76 bits per heavy atom. The standard InChI is InChI=1S/C44H75O9P/c1-4-5-6-7-24-29-34-41(45)35-30-25-20-16-13-14-18-22-27-32-37-44(47)53-42(39-52-54(48,49)50)38-51-43(46)36-31-26-21-17-12-10-8-9-11-15-19-23-28-33-40(2)3/h5-6,13-14,20,22,24-25,27,29-30,35,40-42,45H,4,7-12,15-19,21,23,26,28,31-34,36-39H2,1-3H3,(H2,48,49,50)/b6-5-,14-13-,25-20-,27-22-,29-24-,35-30+/t41?,42-/m1/s1. The van der Waals surface area contributed by atoms with Crippen LogP contribution in [0.4, 0.5) is 0 Å². The zero-order valence-electron chi connectivity index (χ0n) is 33.9. The van der Waals surface area contributed by atoms with Crippen molar-refractivity contribution in [3.63, 3.8) is 0 Å². The fourth-order valence-electron chi connectivity index (χ4n) is 5.43. The second kappa shape index (κ2) is 37.4. The summed E-state index contributed by atoms with van der Waals surface area (Å²) in [6.45, 7) is 5.77. The first-order valence-electron chi connectivity index (χ1n) is 20.7. The summed E-state index contributed by atoms with van der Waals surface area (Å²) in [5.41, 5.74) is 0. The van der Waals surface area contributed by atoms with Crippen molar-refractivity contribution in [1.29, 1.82) is 0 Å². The lowest BCUT2D eigenvalue weighted by Gasteiger charge is -2.18. The van der Waals surface area contributed by atoms with E-state index < -0.39 is 38.6 Å². The molecule has 0 fully saturated rings. The number of unbranched alkanes of at least 4 members (excludes halogenated alkanes) is 12. The molecular formula is C44H75O9P. The third kappa shape index (κ3) is 40.6. The van der Waals surface area contributed by atoms with Gasteiger partial charge in [0.05, 0.1) is 12.7 Å². The van der Waals surface area contributed by atoms with Crippen LogP contribution >= 0.6 is 7.82 Å². The Bertz CT molecular complexity index is 1130. The number of carbonyl (C=O) groups excluding carboxylic acids is 2. The highest BCUT2D eigenvalue weighted by atomic mass is 31.2. The van der Waals surface area contributed by atoms with Gasteiger partial charge in [0.15, 0.2) is 6.10 Å². The average Bonchev–Trinajstić information content (AvgIpc) is 3.12. The van der Waals surface area contributed by atoms with Crippen LogP contribution in [0.25, 0.3) is 0 Å². The van der Waals surface area contributed by atoms with Gasteiger partial charge in [-0.3, -0.25) is 14.1 Å². The average molecular weight is 779 g/mol. The molecule has 9 nitrogen and oxygen atoms in total. The molecule has 0 radical (unpaired) electrons. The summed E-state index contributed by atoms with van der Waals surface area (Å²) in [5.74, 6) is -0.198. The molecule has 0 amide bonds. The number of aliphatic hydroxyl groups is 1. The van der Waals surface area contributed by atoms with Crippen molar-refractivity contribution in [2.45, 2.75) is 174 Å². The second-order valence-electron chi connectivity index (χ2n) is 14.3. The number of ether oxygens (including phenoxy) is 2. The van der Waals surface area contributed by atoms with Crippen molar-refractivity contribution in [1.82, 2.24) is 0 Å². The zero-order valence-corrected chi connectivity index (χ0v) is 34.8. The zero-order chi connectivity index (χ0) is 40.0. The maximum atomic E-state index is 12.4. The normalized spacial score (nSPS) is 13.9. The van der Waals surface area contributed by atoms with Crippen LogP contribution in [0.15, 0.2) is 72.9 Å². The number of esters is 2. The number of carbonyl (C=O) groups is 2. The van der Waals surface area contributed by atoms with Gasteiger partial charge in [0.2, 0.25) is 0 Å². The molecule has 0 saturated carbocycles. The fourth-order valence-corrected chi connectivity index (χ4v) is 5.79. The van der Waals surface area contributed by atoms with E-state index in [1.165, 1.54) is 64.2 Å². The minimum atomic E-state index is -4.79. The van der Waals surface area contributed by atoms with Crippen LogP contribution in [-0.2, 0) is 28.2 Å². The Labute approximate surface area is 328 Å². The quantitative estimate of drug-likeness (QED) is 0.0186. The first kappa shape index (κ1) is 51.5. The van der Waals surface area contributed by atoms with E-state index >= 15 is 0 Å². The van der Waals surface area contributed by atoms with Crippen LogP contribution in [0.5, 0.6) is 0 Å². The first-order chi connectivity index (χ1) is 26.0. The van der Waals surface area contributed by atoms with E-state index in [0.717, 1.165) is 44.4 Å². The van der Waals surface area contributed by atoms with Crippen molar-refractivity contribution < 1.29 is 43.0 Å². The summed E-state index contributed by atoms with van der Waals surface area (Å²) >= 11 is 0. The summed E-state index contributed by atoms with van der Waals surface area (Å²) in [7, 11) is -4.79. The minimum Gasteiger partial charge on any atom is -0.462 e. The maximum Gasteiger partial charge on any atom is 0.469 e. The Hall–Kier alpha value is -2.55. The Morgan fingerprint density at radius 2 is 1.17 bits per heavy atom. The Morgan fingerprint density at radius 1 is 0.630 bits per heavy atom. The van der Waals surface area contributed by atoms with Crippen LogP contribution < -0.4 is 0 Å². The molecule has 0 spiro atoms. The highest BCUT2D eigenvalue weighted by Gasteiger charge is 2.22. The number of aliphatic hydroxyl groups excluding tert-OH is 1. The molecular weight excluding hydrogens is 703 g/mol. The van der Waals surface area contributed by atoms with Gasteiger partial charge in [-0.2, -0.15) is 0 Å². The maximum absolute atomic E-state index is 12.4. The monoisotopic (exact) mass is 779 g/mol. The lowest BCUT2D eigenvalue weighted by Crippen LogP contribution is -2.29. The SMILES string of the molecule is CC/C=C\C/C=C\CC(O)/C=C/C=C\C/C=C\C/C=C\CCC(=O)O[C@H](COC(=O)CCCCCCCCCCCCCCCC(C)C)COP(=O)(O)O. The van der Waals surface area contributed by atoms with Gasteiger partial charge in [0.25, 0.3) is 0 Å². The highest BCUT2D eigenvalue weighted by molar-refractivity contribution is 7.46. The first-order valence-corrected chi connectivity index (χ1v) is 22.2. The van der Waals surface area contributed by atoms with Crippen LogP contribution in [0.1, 0.15) is 162 Å². The third-order valence-corrected chi connectivity index (χ3v) is 9.00. The molecule has 2 atom stereocenters. The molecule has 0 rings (SSSR count). The predicted octanol–water partition coefficient (Wildman–Crippen LogP) is 11.5. The fraction of sp³-hybridized carbons (Fsp3) is 0.682. The summed E-state index contributed by atoms with van der Waals surface area (Å²) < 4.78 is 26.3. The number of rotatable bonds is 36. The molecule has 0 aliphatic carbocycles. The smallest absolute Gasteiger partial charge is 0.462 e. The van der Waals surface area contributed by atoms with E-state index in [-0.39, 0.29) is 19.4 Å². The number of phosphoric ester groups is 1. The van der Waals surface area contributed by atoms with Gasteiger partial charge in [-0.25, -0.2) is 4.57 Å². The lowest BCUT2D eigenvalue weighted by molar-refractivity contribution is -0.161. The molecule has 0 saturated heterocycles. The number of allylic oxidation sites excluding steroid dienone is 10. The van der Waals surface area contributed by atoms with Gasteiger partial charge < -0.3 is 24.4 Å². The number of hydrogen-bond acceptors (Lipinski definition) is 7. The van der Waals surface area contributed by atoms with Gasteiger partial charge in [0.1, 0.15) is 6.61 Å². The Kier molecular flexibility index (Phi) is 35.6. The van der Waals surface area contributed by atoms with Crippen molar-refractivity contribution in [2.24, 2.45) is 5.92 Å². The second-order valence-corrected chi connectivity index (χ2v) is 15.5. The predicted molar refractivity (Wildman–Crippen MR) is 222 cm³/mol. The molecule has 54 heavy (non-hydrogen) atoms. The molecule has 0 aromatic carbocycles. The molecule has 0 aromatic rings. The molecule has 0 aromatic heterocycles. The van der Waals surface area contributed by atoms with Crippen LogP contribution in [-0.4, -0.2) is 52.3 Å².